The minimum absolute atomic E-state index is 0.0223. The molecule has 1 fully saturated rings. The van der Waals surface area contributed by atoms with Gasteiger partial charge in [-0.2, -0.15) is 4.31 Å². The number of nitrogens with one attached hydrogen (secondary N) is 2. The minimum Gasteiger partial charge on any atom is -0.379 e. The Morgan fingerprint density at radius 2 is 1.57 bits per heavy atom. The Hall–Kier alpha value is -2.42. The third-order valence-electron chi connectivity index (χ3n) is 5.12. The van der Waals surface area contributed by atoms with Crippen LogP contribution in [0.2, 0.25) is 0 Å². The largest absolute Gasteiger partial charge is 0.379 e. The van der Waals surface area contributed by atoms with Crippen molar-refractivity contribution in [1.82, 2.24) is 14.9 Å². The fraction of sp³-hybridized carbons (Fsp3) is 0.409. The predicted molar refractivity (Wildman–Crippen MR) is 120 cm³/mol. The molecular weight excluding hydrogens is 400 g/mol. The van der Waals surface area contributed by atoms with Crippen LogP contribution >= 0.6 is 0 Å². The Morgan fingerprint density at radius 1 is 1.00 bits per heavy atom. The number of morpholine rings is 1. The van der Waals surface area contributed by atoms with E-state index in [-0.39, 0.29) is 11.7 Å². The molecule has 1 saturated heterocycles. The van der Waals surface area contributed by atoms with Gasteiger partial charge in [0.1, 0.15) is 0 Å². The van der Waals surface area contributed by atoms with E-state index in [0.29, 0.717) is 45.4 Å². The molecular formula is C22H30N4O3S. The van der Waals surface area contributed by atoms with Crippen LogP contribution in [0.3, 0.4) is 0 Å². The number of rotatable bonds is 8. The first-order valence-corrected chi connectivity index (χ1v) is 11.8. The zero-order valence-corrected chi connectivity index (χ0v) is 18.1. The second-order valence-corrected chi connectivity index (χ2v) is 9.17. The summed E-state index contributed by atoms with van der Waals surface area (Å²) in [5.41, 5.74) is 2.42. The van der Waals surface area contributed by atoms with Gasteiger partial charge >= 0.3 is 0 Å². The molecule has 3 rings (SSSR count). The fourth-order valence-electron chi connectivity index (χ4n) is 3.47. The van der Waals surface area contributed by atoms with Gasteiger partial charge in [-0.25, -0.2) is 8.42 Å². The van der Waals surface area contributed by atoms with Crippen molar-refractivity contribution in [2.75, 3.05) is 52.2 Å². The summed E-state index contributed by atoms with van der Waals surface area (Å²) >= 11 is 0. The second-order valence-electron chi connectivity index (χ2n) is 7.08. The highest BCUT2D eigenvalue weighted by molar-refractivity contribution is 7.89. The number of aliphatic imine (C=N–C) groups is 1. The highest BCUT2D eigenvalue weighted by Crippen LogP contribution is 2.23. The van der Waals surface area contributed by atoms with E-state index in [0.717, 1.165) is 0 Å². The molecule has 2 aromatic rings. The van der Waals surface area contributed by atoms with Crippen molar-refractivity contribution in [3.8, 4) is 0 Å². The number of hydrogen-bond acceptors (Lipinski definition) is 4. The second kappa shape index (κ2) is 11.1. The van der Waals surface area contributed by atoms with E-state index in [9.17, 15) is 8.42 Å². The van der Waals surface area contributed by atoms with Gasteiger partial charge in [-0.15, -0.1) is 0 Å². The summed E-state index contributed by atoms with van der Waals surface area (Å²) < 4.78 is 31.6. The molecule has 0 aliphatic carbocycles. The molecule has 0 aromatic heterocycles. The topological polar surface area (TPSA) is 83.0 Å². The third-order valence-corrected chi connectivity index (χ3v) is 6.99. The van der Waals surface area contributed by atoms with Gasteiger partial charge in [0.2, 0.25) is 10.0 Å². The quantitative estimate of drug-likeness (QED) is 0.492. The zero-order chi connectivity index (χ0) is 21.2. The number of benzene rings is 2. The normalized spacial score (nSPS) is 15.9. The van der Waals surface area contributed by atoms with Crippen LogP contribution in [0.25, 0.3) is 0 Å². The Morgan fingerprint density at radius 3 is 2.10 bits per heavy atom. The van der Waals surface area contributed by atoms with Gasteiger partial charge in [-0.1, -0.05) is 60.7 Å². The molecule has 162 valence electrons. The Balaban J connectivity index is 1.56. The lowest BCUT2D eigenvalue weighted by molar-refractivity contribution is 0.0730. The van der Waals surface area contributed by atoms with Gasteiger partial charge in [0, 0.05) is 39.1 Å². The van der Waals surface area contributed by atoms with Gasteiger partial charge in [0.05, 0.1) is 19.0 Å². The Labute approximate surface area is 179 Å². The maximum atomic E-state index is 12.5. The Bertz CT molecular complexity index is 859. The summed E-state index contributed by atoms with van der Waals surface area (Å²) in [4.78, 5) is 4.25. The predicted octanol–water partition coefficient (Wildman–Crippen LogP) is 1.65. The first-order chi connectivity index (χ1) is 14.6. The molecule has 2 aromatic carbocycles. The van der Waals surface area contributed by atoms with Crippen LogP contribution in [-0.4, -0.2) is 70.9 Å². The highest BCUT2D eigenvalue weighted by Gasteiger charge is 2.24. The standard InChI is InChI=1S/C22H30N4O3S/c1-23-22(24-12-17-30(27,28)26-13-15-29-16-14-26)25-18-21(19-8-4-2-5-9-19)20-10-6-3-7-11-20/h2-11,21H,12-18H2,1H3,(H2,23,24,25). The van der Waals surface area contributed by atoms with E-state index in [1.165, 1.54) is 15.4 Å². The third kappa shape index (κ3) is 6.29. The highest BCUT2D eigenvalue weighted by atomic mass is 32.2. The maximum Gasteiger partial charge on any atom is 0.215 e. The molecule has 0 amide bonds. The van der Waals surface area contributed by atoms with E-state index in [1.807, 2.05) is 36.4 Å². The molecule has 0 unspecified atom stereocenters. The van der Waals surface area contributed by atoms with Crippen LogP contribution in [0.1, 0.15) is 17.0 Å². The van der Waals surface area contributed by atoms with Gasteiger partial charge < -0.3 is 15.4 Å². The summed E-state index contributed by atoms with van der Waals surface area (Å²) in [7, 11) is -1.61. The number of hydrogen-bond donors (Lipinski definition) is 2. The summed E-state index contributed by atoms with van der Waals surface area (Å²) in [6.07, 6.45) is 0. The molecule has 0 bridgehead atoms. The maximum absolute atomic E-state index is 12.5. The Kier molecular flexibility index (Phi) is 8.24. The van der Waals surface area contributed by atoms with Crippen molar-refractivity contribution < 1.29 is 13.2 Å². The first-order valence-electron chi connectivity index (χ1n) is 10.2. The lowest BCUT2D eigenvalue weighted by Crippen LogP contribution is -2.45. The molecule has 1 heterocycles. The lowest BCUT2D eigenvalue weighted by Gasteiger charge is -2.26. The fourth-order valence-corrected chi connectivity index (χ4v) is 4.79. The zero-order valence-electron chi connectivity index (χ0n) is 17.3. The molecule has 0 spiro atoms. The van der Waals surface area contributed by atoms with Crippen molar-refractivity contribution in [1.29, 1.82) is 0 Å². The van der Waals surface area contributed by atoms with Crippen LogP contribution in [-0.2, 0) is 14.8 Å². The SMILES string of the molecule is CN=C(NCCS(=O)(=O)N1CCOCC1)NCC(c1ccccc1)c1ccccc1. The smallest absolute Gasteiger partial charge is 0.215 e. The molecule has 2 N–H and O–H groups in total. The molecule has 0 saturated carbocycles. The van der Waals surface area contributed by atoms with Crippen LogP contribution in [0.4, 0.5) is 0 Å². The summed E-state index contributed by atoms with van der Waals surface area (Å²) in [5.74, 6) is 0.765. The van der Waals surface area contributed by atoms with Crippen molar-refractivity contribution in [2.45, 2.75) is 5.92 Å². The minimum atomic E-state index is -3.30. The van der Waals surface area contributed by atoms with Gasteiger partial charge in [-0.3, -0.25) is 4.99 Å². The van der Waals surface area contributed by atoms with Crippen molar-refractivity contribution in [2.24, 2.45) is 4.99 Å². The van der Waals surface area contributed by atoms with E-state index in [1.54, 1.807) is 7.05 Å². The van der Waals surface area contributed by atoms with Gasteiger partial charge in [0.15, 0.2) is 5.96 Å². The number of ether oxygens (including phenoxy) is 1. The van der Waals surface area contributed by atoms with E-state index < -0.39 is 10.0 Å². The average Bonchev–Trinajstić information content (AvgIpc) is 2.80. The monoisotopic (exact) mass is 430 g/mol. The molecule has 7 nitrogen and oxygen atoms in total. The first kappa shape index (κ1) is 22.3. The number of guanidine groups is 1. The van der Waals surface area contributed by atoms with Gasteiger partial charge in [0.25, 0.3) is 0 Å². The molecule has 1 aliphatic rings. The molecule has 0 atom stereocenters. The lowest BCUT2D eigenvalue weighted by atomic mass is 9.91. The molecule has 1 aliphatic heterocycles. The van der Waals surface area contributed by atoms with E-state index in [2.05, 4.69) is 39.9 Å². The number of nitrogens with zero attached hydrogens (tertiary/aromatic N) is 2. The van der Waals surface area contributed by atoms with Crippen molar-refractivity contribution >= 4 is 16.0 Å². The van der Waals surface area contributed by atoms with Crippen molar-refractivity contribution in [3.63, 3.8) is 0 Å². The van der Waals surface area contributed by atoms with E-state index in [4.69, 9.17) is 4.74 Å². The summed E-state index contributed by atoms with van der Waals surface area (Å²) in [6.45, 7) is 2.69. The van der Waals surface area contributed by atoms with E-state index >= 15 is 0 Å². The summed E-state index contributed by atoms with van der Waals surface area (Å²) in [5, 5.41) is 6.47. The average molecular weight is 431 g/mol. The van der Waals surface area contributed by atoms with Crippen LogP contribution in [0.15, 0.2) is 65.7 Å². The van der Waals surface area contributed by atoms with Gasteiger partial charge in [-0.05, 0) is 11.1 Å². The van der Waals surface area contributed by atoms with Crippen molar-refractivity contribution in [3.05, 3.63) is 71.8 Å². The summed E-state index contributed by atoms with van der Waals surface area (Å²) in [6, 6.07) is 20.6. The molecule has 0 radical (unpaired) electrons. The van der Waals surface area contributed by atoms with Crippen LogP contribution < -0.4 is 10.6 Å². The number of sulfonamides is 1. The molecule has 30 heavy (non-hydrogen) atoms. The van der Waals surface area contributed by atoms with Crippen LogP contribution in [0.5, 0.6) is 0 Å². The molecule has 8 heteroatoms. The van der Waals surface area contributed by atoms with Crippen LogP contribution in [0, 0.1) is 0 Å².